The largest absolute Gasteiger partial charge is 0.427 e. The van der Waals surface area contributed by atoms with E-state index < -0.39 is 5.97 Å². The number of nitrogens with zero attached hydrogens (tertiary/aromatic N) is 3. The summed E-state index contributed by atoms with van der Waals surface area (Å²) in [4.78, 5) is 43.8. The van der Waals surface area contributed by atoms with Crippen molar-refractivity contribution < 1.29 is 19.1 Å². The van der Waals surface area contributed by atoms with Crippen LogP contribution in [0.4, 0.5) is 17.1 Å². The van der Waals surface area contributed by atoms with Gasteiger partial charge in [0, 0.05) is 62.8 Å². The van der Waals surface area contributed by atoms with Crippen LogP contribution in [0.2, 0.25) is 0 Å². The van der Waals surface area contributed by atoms with Gasteiger partial charge in [-0.25, -0.2) is 0 Å². The molecule has 1 fully saturated rings. The van der Waals surface area contributed by atoms with E-state index in [1.165, 1.54) is 6.92 Å². The number of nitrogens with one attached hydrogen (secondary N) is 2. The molecule has 2 aliphatic rings. The van der Waals surface area contributed by atoms with Crippen LogP contribution in [0.25, 0.3) is 11.3 Å². The van der Waals surface area contributed by atoms with Crippen molar-refractivity contribution in [2.45, 2.75) is 6.92 Å². The third-order valence-corrected chi connectivity index (χ3v) is 7.16. The van der Waals surface area contributed by atoms with E-state index in [1.54, 1.807) is 30.1 Å². The number of rotatable bonds is 7. The highest BCUT2D eigenvalue weighted by atomic mass is 16.5. The summed E-state index contributed by atoms with van der Waals surface area (Å²) in [6.45, 7) is 5.42. The molecule has 0 spiro atoms. The summed E-state index contributed by atoms with van der Waals surface area (Å²) in [7, 11) is 3.89. The average molecular weight is 540 g/mol. The Bertz CT molecular complexity index is 1440. The van der Waals surface area contributed by atoms with E-state index in [-0.39, 0.29) is 11.8 Å². The number of fused-ring (bicyclic) bond motifs is 1. The minimum atomic E-state index is -0.434. The highest BCUT2D eigenvalue weighted by Gasteiger charge is 2.29. The van der Waals surface area contributed by atoms with Gasteiger partial charge in [0.1, 0.15) is 5.75 Å². The second kappa shape index (κ2) is 11.7. The van der Waals surface area contributed by atoms with E-state index in [1.807, 2.05) is 54.6 Å². The molecular weight excluding hydrogens is 506 g/mol. The maximum atomic E-state index is 13.2. The number of ether oxygens (including phenoxy) is 1. The number of piperazine rings is 1. The average Bonchev–Trinajstić information content (AvgIpc) is 3.27. The van der Waals surface area contributed by atoms with Gasteiger partial charge < -0.3 is 25.2 Å². The molecule has 40 heavy (non-hydrogen) atoms. The molecule has 2 N–H and O–H groups in total. The van der Waals surface area contributed by atoms with Crippen molar-refractivity contribution in [1.29, 1.82) is 0 Å². The molecule has 0 radical (unpaired) electrons. The van der Waals surface area contributed by atoms with E-state index in [0.29, 0.717) is 34.8 Å². The van der Waals surface area contributed by atoms with Crippen molar-refractivity contribution >= 4 is 46.1 Å². The molecular formula is C31H33N5O4. The van der Waals surface area contributed by atoms with E-state index in [2.05, 4.69) is 27.5 Å². The molecule has 9 nitrogen and oxygen atoms in total. The Kier molecular flexibility index (Phi) is 7.95. The molecule has 3 aromatic rings. The minimum absolute atomic E-state index is 0.0418. The van der Waals surface area contributed by atoms with Crippen molar-refractivity contribution in [3.63, 3.8) is 0 Å². The topological polar surface area (TPSA) is 94.2 Å². The van der Waals surface area contributed by atoms with Crippen LogP contribution in [-0.2, 0) is 14.4 Å². The highest BCUT2D eigenvalue weighted by molar-refractivity contribution is 6.37. The Labute approximate surface area is 234 Å². The van der Waals surface area contributed by atoms with Gasteiger partial charge in [0.2, 0.25) is 5.91 Å². The first-order valence-corrected chi connectivity index (χ1v) is 13.3. The lowest BCUT2D eigenvalue weighted by molar-refractivity contribution is -0.131. The quantitative estimate of drug-likeness (QED) is 0.268. The molecule has 0 aliphatic carbocycles. The lowest BCUT2D eigenvalue weighted by Crippen LogP contribution is -2.48. The number of esters is 1. The number of likely N-dealkylation sites (N-methyl/N-ethyl adjacent to an activating group) is 2. The predicted molar refractivity (Wildman–Crippen MR) is 157 cm³/mol. The number of hydrogen-bond acceptors (Lipinski definition) is 7. The van der Waals surface area contributed by atoms with Gasteiger partial charge in [0.05, 0.1) is 17.8 Å². The van der Waals surface area contributed by atoms with Gasteiger partial charge in [-0.3, -0.25) is 19.3 Å². The Morgan fingerprint density at radius 2 is 1.68 bits per heavy atom. The fourth-order valence-corrected chi connectivity index (χ4v) is 4.87. The molecule has 0 saturated carbocycles. The molecule has 0 bridgehead atoms. The number of anilines is 3. The molecule has 2 aliphatic heterocycles. The Hall–Kier alpha value is -4.47. The Balaban J connectivity index is 1.41. The van der Waals surface area contributed by atoms with Gasteiger partial charge >= 0.3 is 5.97 Å². The monoisotopic (exact) mass is 539 g/mol. The normalized spacial score (nSPS) is 16.6. The third kappa shape index (κ3) is 6.06. The van der Waals surface area contributed by atoms with Crippen LogP contribution in [0.5, 0.6) is 5.75 Å². The molecule has 0 aromatic heterocycles. The van der Waals surface area contributed by atoms with Crippen LogP contribution in [0.3, 0.4) is 0 Å². The zero-order valence-electron chi connectivity index (χ0n) is 22.9. The van der Waals surface area contributed by atoms with Crippen molar-refractivity contribution in [2.75, 3.05) is 62.4 Å². The van der Waals surface area contributed by atoms with Crippen LogP contribution < -0.4 is 20.3 Å². The number of amides is 2. The highest BCUT2D eigenvalue weighted by Crippen LogP contribution is 2.39. The van der Waals surface area contributed by atoms with Crippen molar-refractivity contribution in [3.05, 3.63) is 83.9 Å². The molecule has 0 unspecified atom stereocenters. The van der Waals surface area contributed by atoms with E-state index >= 15 is 0 Å². The summed E-state index contributed by atoms with van der Waals surface area (Å²) in [5.41, 5.74) is 4.70. The second-order valence-corrected chi connectivity index (χ2v) is 10.1. The van der Waals surface area contributed by atoms with E-state index in [9.17, 15) is 14.4 Å². The summed E-state index contributed by atoms with van der Waals surface area (Å²) in [5.74, 6) is -0.287. The Morgan fingerprint density at radius 1 is 0.975 bits per heavy atom. The zero-order valence-corrected chi connectivity index (χ0v) is 22.9. The molecule has 2 heterocycles. The first-order chi connectivity index (χ1) is 19.3. The summed E-state index contributed by atoms with van der Waals surface area (Å²) in [6.07, 6.45) is 0. The number of carbonyl (C=O) groups excluding carboxylic acids is 3. The predicted octanol–water partition coefficient (Wildman–Crippen LogP) is 3.75. The van der Waals surface area contributed by atoms with Gasteiger partial charge in [-0.1, -0.05) is 30.3 Å². The Morgan fingerprint density at radius 3 is 2.35 bits per heavy atom. The number of benzene rings is 3. The van der Waals surface area contributed by atoms with Crippen LogP contribution in [0.15, 0.2) is 72.8 Å². The molecule has 0 atom stereocenters. The minimum Gasteiger partial charge on any atom is -0.427 e. The first kappa shape index (κ1) is 27.1. The smallest absolute Gasteiger partial charge is 0.308 e. The fourth-order valence-electron chi connectivity index (χ4n) is 4.87. The maximum Gasteiger partial charge on any atom is 0.308 e. The molecule has 5 rings (SSSR count). The van der Waals surface area contributed by atoms with Gasteiger partial charge in [-0.05, 0) is 55.1 Å². The summed E-state index contributed by atoms with van der Waals surface area (Å²) in [6, 6.07) is 22.2. The van der Waals surface area contributed by atoms with Crippen LogP contribution in [0, 0.1) is 0 Å². The second-order valence-electron chi connectivity index (χ2n) is 10.1. The molecule has 9 heteroatoms. The van der Waals surface area contributed by atoms with Crippen molar-refractivity contribution in [3.8, 4) is 5.75 Å². The van der Waals surface area contributed by atoms with Gasteiger partial charge in [-0.15, -0.1) is 0 Å². The summed E-state index contributed by atoms with van der Waals surface area (Å²) in [5, 5.41) is 6.34. The van der Waals surface area contributed by atoms with Crippen molar-refractivity contribution in [2.24, 2.45) is 0 Å². The number of hydrogen-bond donors (Lipinski definition) is 2. The van der Waals surface area contributed by atoms with Gasteiger partial charge in [0.15, 0.2) is 0 Å². The van der Waals surface area contributed by atoms with E-state index in [0.717, 1.165) is 43.1 Å². The lowest BCUT2D eigenvalue weighted by atomic mass is 9.99. The van der Waals surface area contributed by atoms with E-state index in [4.69, 9.17) is 4.74 Å². The standard InChI is InChI=1S/C31H33N5O4/c1-21(37)40-25-13-14-27-26(19-25)29(31(39)33-27)30(22-7-5-4-6-8-22)32-23-9-11-24(12-10-23)35(3)28(38)20-36-17-15-34(2)16-18-36/h4-14,19,32H,15-18,20H2,1-3H3,(H,33,39)/b30-29-. The SMILES string of the molecule is CC(=O)Oc1ccc2c(c1)/C(=C(/Nc1ccc(N(C)C(=O)CN3CCN(C)CC3)cc1)c1ccccc1)C(=O)N2. The van der Waals surface area contributed by atoms with Crippen LogP contribution in [0.1, 0.15) is 18.1 Å². The molecule has 206 valence electrons. The van der Waals surface area contributed by atoms with Gasteiger partial charge in [-0.2, -0.15) is 0 Å². The molecule has 1 saturated heterocycles. The summed E-state index contributed by atoms with van der Waals surface area (Å²) >= 11 is 0. The van der Waals surface area contributed by atoms with Gasteiger partial charge in [0.25, 0.3) is 5.91 Å². The molecule has 2 amide bonds. The third-order valence-electron chi connectivity index (χ3n) is 7.16. The lowest BCUT2D eigenvalue weighted by Gasteiger charge is -2.32. The van der Waals surface area contributed by atoms with Crippen molar-refractivity contribution in [1.82, 2.24) is 9.80 Å². The maximum absolute atomic E-state index is 13.2. The number of carbonyl (C=O) groups is 3. The van der Waals surface area contributed by atoms with Crippen LogP contribution >= 0.6 is 0 Å². The summed E-state index contributed by atoms with van der Waals surface area (Å²) < 4.78 is 5.28. The molecule has 3 aromatic carbocycles. The van der Waals surface area contributed by atoms with Crippen LogP contribution in [-0.4, -0.2) is 74.4 Å². The zero-order chi connectivity index (χ0) is 28.2. The first-order valence-electron chi connectivity index (χ1n) is 13.3. The fraction of sp³-hybridized carbons (Fsp3) is 0.258.